The Labute approximate surface area is 120 Å². The molecular weight excluding hydrogens is 274 g/mol. The zero-order valence-corrected chi connectivity index (χ0v) is 11.5. The first kappa shape index (κ1) is 13.5. The normalized spacial score (nSPS) is 14.2. The minimum absolute atomic E-state index is 0.0958. The van der Waals surface area contributed by atoms with E-state index in [0.29, 0.717) is 18.2 Å². The number of ether oxygens (including phenoxy) is 1. The van der Waals surface area contributed by atoms with E-state index in [1.807, 2.05) is 0 Å². The van der Waals surface area contributed by atoms with Crippen LogP contribution >= 0.6 is 0 Å². The lowest BCUT2D eigenvalue weighted by Crippen LogP contribution is -2.06. The van der Waals surface area contributed by atoms with Gasteiger partial charge in [0.1, 0.15) is 5.69 Å². The van der Waals surface area contributed by atoms with Crippen molar-refractivity contribution in [2.75, 3.05) is 7.11 Å². The van der Waals surface area contributed by atoms with Crippen LogP contribution in [0.15, 0.2) is 18.2 Å². The molecule has 0 amide bonds. The van der Waals surface area contributed by atoms with Gasteiger partial charge in [0, 0.05) is 18.5 Å². The predicted octanol–water partition coefficient (Wildman–Crippen LogP) is 1.52. The average Bonchev–Trinajstić information content (AvgIpc) is 3.25. The Morgan fingerprint density at radius 1 is 1.52 bits per heavy atom. The van der Waals surface area contributed by atoms with Crippen LogP contribution in [0.1, 0.15) is 30.1 Å². The summed E-state index contributed by atoms with van der Waals surface area (Å²) in [5, 5.41) is 19.3. The Hall–Kier alpha value is -2.48. The maximum atomic E-state index is 11.1. The summed E-state index contributed by atoms with van der Waals surface area (Å²) in [7, 11) is 1.40. The SMILES string of the molecule is COc1ccc(-n2nnc(CN)c2C2CC2)cc1[N+](=O)[O-]. The highest BCUT2D eigenvalue weighted by Gasteiger charge is 2.31. The van der Waals surface area contributed by atoms with Gasteiger partial charge in [-0.2, -0.15) is 0 Å². The summed E-state index contributed by atoms with van der Waals surface area (Å²) >= 11 is 0. The molecule has 0 unspecified atom stereocenters. The monoisotopic (exact) mass is 289 g/mol. The van der Waals surface area contributed by atoms with Gasteiger partial charge >= 0.3 is 5.69 Å². The largest absolute Gasteiger partial charge is 0.490 e. The molecular formula is C13H15N5O3. The fourth-order valence-corrected chi connectivity index (χ4v) is 2.37. The molecule has 0 bridgehead atoms. The highest BCUT2D eigenvalue weighted by Crippen LogP contribution is 2.42. The summed E-state index contributed by atoms with van der Waals surface area (Å²) in [6, 6.07) is 4.74. The summed E-state index contributed by atoms with van der Waals surface area (Å²) in [6.45, 7) is 0.310. The minimum Gasteiger partial charge on any atom is -0.490 e. The zero-order chi connectivity index (χ0) is 15.0. The van der Waals surface area contributed by atoms with E-state index in [9.17, 15) is 10.1 Å². The Bertz CT molecular complexity index is 693. The lowest BCUT2D eigenvalue weighted by Gasteiger charge is -2.08. The number of rotatable bonds is 5. The Morgan fingerprint density at radius 2 is 2.29 bits per heavy atom. The first-order valence-corrected chi connectivity index (χ1v) is 6.63. The third-order valence-electron chi connectivity index (χ3n) is 3.54. The van der Waals surface area contributed by atoms with Crippen LogP contribution in [-0.2, 0) is 6.54 Å². The van der Waals surface area contributed by atoms with Gasteiger partial charge in [-0.3, -0.25) is 10.1 Å². The molecule has 0 atom stereocenters. The molecule has 0 spiro atoms. The summed E-state index contributed by atoms with van der Waals surface area (Å²) in [6.07, 6.45) is 2.14. The number of hydrogen-bond donors (Lipinski definition) is 1. The average molecular weight is 289 g/mol. The lowest BCUT2D eigenvalue weighted by atomic mass is 10.2. The van der Waals surface area contributed by atoms with Gasteiger partial charge in [0.25, 0.3) is 0 Å². The maximum absolute atomic E-state index is 11.1. The molecule has 110 valence electrons. The van der Waals surface area contributed by atoms with Crippen molar-refractivity contribution in [2.24, 2.45) is 5.73 Å². The summed E-state index contributed by atoms with van der Waals surface area (Å²) in [5.74, 6) is 0.607. The molecule has 1 fully saturated rings. The number of hydrogen-bond acceptors (Lipinski definition) is 6. The number of nitrogens with zero attached hydrogens (tertiary/aromatic N) is 4. The fourth-order valence-electron chi connectivity index (χ4n) is 2.37. The van der Waals surface area contributed by atoms with E-state index >= 15 is 0 Å². The van der Waals surface area contributed by atoms with Crippen molar-refractivity contribution >= 4 is 5.69 Å². The third-order valence-corrected chi connectivity index (χ3v) is 3.54. The minimum atomic E-state index is -0.472. The molecule has 1 aromatic heterocycles. The third kappa shape index (κ3) is 2.33. The van der Waals surface area contributed by atoms with Crippen molar-refractivity contribution < 1.29 is 9.66 Å². The van der Waals surface area contributed by atoms with Crippen LogP contribution in [0.4, 0.5) is 5.69 Å². The van der Waals surface area contributed by atoms with Gasteiger partial charge in [-0.05, 0) is 25.0 Å². The Morgan fingerprint density at radius 3 is 2.86 bits per heavy atom. The van der Waals surface area contributed by atoms with Crippen LogP contribution in [0.5, 0.6) is 5.75 Å². The molecule has 2 aromatic rings. The Kier molecular flexibility index (Phi) is 3.30. The molecule has 2 N–H and O–H groups in total. The maximum Gasteiger partial charge on any atom is 0.313 e. The molecule has 1 heterocycles. The second-order valence-electron chi connectivity index (χ2n) is 4.92. The molecule has 8 heteroatoms. The van der Waals surface area contributed by atoms with E-state index in [-0.39, 0.29) is 11.4 Å². The summed E-state index contributed by atoms with van der Waals surface area (Å²) in [5.41, 5.74) is 7.89. The van der Waals surface area contributed by atoms with E-state index in [0.717, 1.165) is 24.2 Å². The van der Waals surface area contributed by atoms with Crippen LogP contribution in [0.25, 0.3) is 5.69 Å². The van der Waals surface area contributed by atoms with Gasteiger partial charge in [-0.25, -0.2) is 4.68 Å². The molecule has 1 saturated carbocycles. The second kappa shape index (κ2) is 5.13. The van der Waals surface area contributed by atoms with Crippen molar-refractivity contribution in [1.82, 2.24) is 15.0 Å². The fraction of sp³-hybridized carbons (Fsp3) is 0.385. The summed E-state index contributed by atoms with van der Waals surface area (Å²) in [4.78, 5) is 10.6. The van der Waals surface area contributed by atoms with Crippen LogP contribution in [-0.4, -0.2) is 27.0 Å². The number of aromatic nitrogens is 3. The molecule has 0 aliphatic heterocycles. The van der Waals surface area contributed by atoms with Crippen molar-refractivity contribution in [1.29, 1.82) is 0 Å². The number of nitro benzene ring substituents is 1. The van der Waals surface area contributed by atoms with E-state index < -0.39 is 4.92 Å². The highest BCUT2D eigenvalue weighted by atomic mass is 16.6. The zero-order valence-electron chi connectivity index (χ0n) is 11.5. The van der Waals surface area contributed by atoms with Gasteiger partial charge in [0.05, 0.1) is 23.4 Å². The smallest absolute Gasteiger partial charge is 0.313 e. The van der Waals surface area contributed by atoms with Crippen LogP contribution < -0.4 is 10.5 Å². The number of methoxy groups -OCH3 is 1. The van der Waals surface area contributed by atoms with Crippen molar-refractivity contribution in [2.45, 2.75) is 25.3 Å². The predicted molar refractivity (Wildman–Crippen MR) is 74.4 cm³/mol. The highest BCUT2D eigenvalue weighted by molar-refractivity contribution is 5.54. The van der Waals surface area contributed by atoms with Crippen LogP contribution in [0.3, 0.4) is 0 Å². The van der Waals surface area contributed by atoms with Crippen molar-refractivity contribution in [3.63, 3.8) is 0 Å². The lowest BCUT2D eigenvalue weighted by molar-refractivity contribution is -0.385. The number of benzene rings is 1. The van der Waals surface area contributed by atoms with Gasteiger partial charge in [-0.1, -0.05) is 5.21 Å². The molecule has 1 aliphatic carbocycles. The quantitative estimate of drug-likeness (QED) is 0.660. The van der Waals surface area contributed by atoms with Crippen molar-refractivity contribution in [3.05, 3.63) is 39.7 Å². The van der Waals surface area contributed by atoms with Gasteiger partial charge in [0.2, 0.25) is 0 Å². The van der Waals surface area contributed by atoms with E-state index in [1.54, 1.807) is 16.8 Å². The molecule has 0 radical (unpaired) electrons. The number of nitro groups is 1. The topological polar surface area (TPSA) is 109 Å². The molecule has 21 heavy (non-hydrogen) atoms. The van der Waals surface area contributed by atoms with E-state index in [1.165, 1.54) is 13.2 Å². The molecule has 0 saturated heterocycles. The van der Waals surface area contributed by atoms with Gasteiger partial charge < -0.3 is 10.5 Å². The first-order valence-electron chi connectivity index (χ1n) is 6.63. The van der Waals surface area contributed by atoms with Crippen molar-refractivity contribution in [3.8, 4) is 11.4 Å². The van der Waals surface area contributed by atoms with Crippen LogP contribution in [0, 0.1) is 10.1 Å². The van der Waals surface area contributed by atoms with Gasteiger partial charge in [-0.15, -0.1) is 5.10 Å². The molecule has 3 rings (SSSR count). The van der Waals surface area contributed by atoms with E-state index in [2.05, 4.69) is 10.3 Å². The molecule has 1 aromatic carbocycles. The van der Waals surface area contributed by atoms with Crippen LogP contribution in [0.2, 0.25) is 0 Å². The molecule has 1 aliphatic rings. The second-order valence-corrected chi connectivity index (χ2v) is 4.92. The Balaban J connectivity index is 2.10. The number of nitrogens with two attached hydrogens (primary N) is 1. The van der Waals surface area contributed by atoms with Gasteiger partial charge in [0.15, 0.2) is 5.75 Å². The molecule has 8 nitrogen and oxygen atoms in total. The summed E-state index contributed by atoms with van der Waals surface area (Å²) < 4.78 is 6.65. The first-order chi connectivity index (χ1) is 10.2. The van der Waals surface area contributed by atoms with E-state index in [4.69, 9.17) is 10.5 Å². The standard InChI is InChI=1S/C13H15N5O3/c1-21-12-5-4-9(6-11(12)18(19)20)17-13(8-2-3-8)10(7-14)15-16-17/h4-6,8H,2-3,7,14H2,1H3.